The van der Waals surface area contributed by atoms with Crippen LogP contribution in [0.5, 0.6) is 0 Å². The number of hydrogen-bond donors (Lipinski definition) is 1. The molecule has 1 unspecified atom stereocenters. The second kappa shape index (κ2) is 4.61. The highest BCUT2D eigenvalue weighted by atomic mass is 15.7. The van der Waals surface area contributed by atoms with Crippen molar-refractivity contribution in [2.24, 2.45) is 0 Å². The largest absolute Gasteiger partial charge is 0.230 e. The quantitative estimate of drug-likeness (QED) is 0.832. The van der Waals surface area contributed by atoms with Crippen LogP contribution in [-0.2, 0) is 6.54 Å². The van der Waals surface area contributed by atoms with Crippen molar-refractivity contribution >= 4 is 0 Å². The van der Waals surface area contributed by atoms with Crippen LogP contribution in [0.1, 0.15) is 22.9 Å². The molecule has 1 N–H and O–H groups in total. The molecule has 0 bridgehead atoms. The molecule has 2 aromatic rings. The Hall–Kier alpha value is -2.15. The first-order valence-electron chi connectivity index (χ1n) is 5.93. The Kier molecular flexibility index (Phi) is 2.81. The van der Waals surface area contributed by atoms with Crippen molar-refractivity contribution in [3.8, 4) is 6.07 Å². The average Bonchev–Trinajstić information content (AvgIpc) is 3.20. The fourth-order valence-corrected chi connectivity index (χ4v) is 2.03. The molecule has 0 aliphatic carbocycles. The van der Waals surface area contributed by atoms with Gasteiger partial charge in [0, 0.05) is 6.54 Å². The molecule has 3 rings (SSSR count). The minimum atomic E-state index is 0.321. The van der Waals surface area contributed by atoms with E-state index in [0.717, 1.165) is 6.54 Å². The Bertz CT molecular complexity index is 569. The molecule has 3 nitrogen and oxygen atoms in total. The van der Waals surface area contributed by atoms with Crippen LogP contribution in [0.25, 0.3) is 0 Å². The fraction of sp³-hybridized carbons (Fsp3) is 0.133. The number of hydrogen-bond acceptors (Lipinski definition) is 3. The van der Waals surface area contributed by atoms with Gasteiger partial charge in [0.2, 0.25) is 0 Å². The van der Waals surface area contributed by atoms with Gasteiger partial charge in [-0.05, 0) is 23.3 Å². The van der Waals surface area contributed by atoms with Crippen molar-refractivity contribution in [1.29, 1.82) is 5.26 Å². The predicted octanol–water partition coefficient (Wildman–Crippen LogP) is 2.58. The first-order chi connectivity index (χ1) is 8.86. The van der Waals surface area contributed by atoms with Gasteiger partial charge in [-0.3, -0.25) is 0 Å². The van der Waals surface area contributed by atoms with E-state index in [1.54, 1.807) is 0 Å². The molecule has 88 valence electrons. The highest BCUT2D eigenvalue weighted by Crippen LogP contribution is 2.29. The number of rotatable bonds is 3. The summed E-state index contributed by atoms with van der Waals surface area (Å²) in [6.07, 6.45) is 0.321. The van der Waals surface area contributed by atoms with Crippen LogP contribution in [0.3, 0.4) is 0 Å². The molecular weight excluding hydrogens is 222 g/mol. The number of nitriles is 1. The molecule has 2 aromatic carbocycles. The summed E-state index contributed by atoms with van der Waals surface area (Å²) in [5, 5.41) is 10.9. The van der Waals surface area contributed by atoms with E-state index < -0.39 is 0 Å². The van der Waals surface area contributed by atoms with Gasteiger partial charge in [-0.25, -0.2) is 10.4 Å². The van der Waals surface area contributed by atoms with Crippen LogP contribution in [-0.4, -0.2) is 5.01 Å². The third kappa shape index (κ3) is 2.25. The van der Waals surface area contributed by atoms with Crippen molar-refractivity contribution in [2.45, 2.75) is 12.7 Å². The summed E-state index contributed by atoms with van der Waals surface area (Å²) in [5.41, 5.74) is 6.53. The molecule has 0 aromatic heterocycles. The first kappa shape index (κ1) is 11.0. The monoisotopic (exact) mass is 235 g/mol. The first-order valence-corrected chi connectivity index (χ1v) is 5.93. The summed E-state index contributed by atoms with van der Waals surface area (Å²) in [4.78, 5) is 0. The zero-order valence-electron chi connectivity index (χ0n) is 9.88. The highest BCUT2D eigenvalue weighted by Gasteiger charge is 2.34. The van der Waals surface area contributed by atoms with Gasteiger partial charge in [-0.2, -0.15) is 5.26 Å². The van der Waals surface area contributed by atoms with Gasteiger partial charge in [0.25, 0.3) is 0 Å². The van der Waals surface area contributed by atoms with Crippen LogP contribution in [0.2, 0.25) is 0 Å². The SMILES string of the molecule is N#Cc1ccc(C[N@@]2NC2c2ccccc2)cc1. The number of nitrogens with one attached hydrogen (secondary N) is 1. The maximum atomic E-state index is 8.74. The van der Waals surface area contributed by atoms with Crippen LogP contribution < -0.4 is 5.43 Å². The maximum absolute atomic E-state index is 8.74. The molecule has 1 fully saturated rings. The molecular formula is C15H13N3. The smallest absolute Gasteiger partial charge is 0.112 e. The van der Waals surface area contributed by atoms with Gasteiger partial charge >= 0.3 is 0 Å². The Morgan fingerprint density at radius 2 is 1.78 bits per heavy atom. The van der Waals surface area contributed by atoms with Gasteiger partial charge < -0.3 is 0 Å². The summed E-state index contributed by atoms with van der Waals surface area (Å²) in [7, 11) is 0. The topological polar surface area (TPSA) is 48.7 Å². The van der Waals surface area contributed by atoms with E-state index in [1.807, 2.05) is 30.3 Å². The summed E-state index contributed by atoms with van der Waals surface area (Å²) >= 11 is 0. The van der Waals surface area contributed by atoms with Gasteiger partial charge in [-0.15, -0.1) is 0 Å². The van der Waals surface area contributed by atoms with Crippen LogP contribution in [0, 0.1) is 11.3 Å². The van der Waals surface area contributed by atoms with Crippen molar-refractivity contribution in [3.05, 3.63) is 71.3 Å². The molecule has 3 heteroatoms. The molecule has 1 aliphatic heterocycles. The highest BCUT2D eigenvalue weighted by molar-refractivity contribution is 5.32. The second-order valence-corrected chi connectivity index (χ2v) is 4.38. The van der Waals surface area contributed by atoms with E-state index in [4.69, 9.17) is 5.26 Å². The van der Waals surface area contributed by atoms with Crippen molar-refractivity contribution in [2.75, 3.05) is 0 Å². The standard InChI is InChI=1S/C15H13N3/c16-10-12-6-8-13(9-7-12)11-18-15(17-18)14-4-2-1-3-5-14/h1-9,15,17H,11H2/t15?,18-/m1/s1. The van der Waals surface area contributed by atoms with Crippen LogP contribution in [0.4, 0.5) is 0 Å². The molecule has 0 spiro atoms. The fourth-order valence-electron chi connectivity index (χ4n) is 2.03. The van der Waals surface area contributed by atoms with E-state index in [-0.39, 0.29) is 0 Å². The lowest BCUT2D eigenvalue weighted by Gasteiger charge is -2.02. The third-order valence-electron chi connectivity index (χ3n) is 3.08. The van der Waals surface area contributed by atoms with E-state index in [1.165, 1.54) is 11.1 Å². The van der Waals surface area contributed by atoms with E-state index >= 15 is 0 Å². The van der Waals surface area contributed by atoms with Gasteiger partial charge in [0.1, 0.15) is 6.17 Å². The Balaban J connectivity index is 1.64. The Morgan fingerprint density at radius 1 is 1.06 bits per heavy atom. The minimum Gasteiger partial charge on any atom is -0.230 e. The number of hydrazine groups is 1. The molecule has 18 heavy (non-hydrogen) atoms. The van der Waals surface area contributed by atoms with E-state index in [9.17, 15) is 0 Å². The molecule has 1 saturated heterocycles. The van der Waals surface area contributed by atoms with E-state index in [0.29, 0.717) is 11.7 Å². The summed E-state index contributed by atoms with van der Waals surface area (Å²) < 4.78 is 0. The molecule has 2 atom stereocenters. The van der Waals surface area contributed by atoms with Gasteiger partial charge in [-0.1, -0.05) is 42.5 Å². The molecule has 1 aliphatic rings. The van der Waals surface area contributed by atoms with Gasteiger partial charge in [0.05, 0.1) is 11.6 Å². The van der Waals surface area contributed by atoms with Crippen molar-refractivity contribution in [1.82, 2.24) is 10.4 Å². The lowest BCUT2D eigenvalue weighted by molar-refractivity contribution is 0.479. The van der Waals surface area contributed by atoms with Crippen molar-refractivity contribution < 1.29 is 0 Å². The minimum absolute atomic E-state index is 0.321. The maximum Gasteiger partial charge on any atom is 0.112 e. The summed E-state index contributed by atoms with van der Waals surface area (Å²) in [5.74, 6) is 0. The molecule has 1 heterocycles. The Labute approximate surface area is 106 Å². The number of nitrogens with zero attached hydrogens (tertiary/aromatic N) is 2. The normalized spacial score (nSPS) is 21.3. The molecule has 0 amide bonds. The van der Waals surface area contributed by atoms with E-state index in [2.05, 4.69) is 40.8 Å². The van der Waals surface area contributed by atoms with Gasteiger partial charge in [0.15, 0.2) is 0 Å². The summed E-state index contributed by atoms with van der Waals surface area (Å²) in [6.45, 7) is 0.852. The average molecular weight is 235 g/mol. The third-order valence-corrected chi connectivity index (χ3v) is 3.08. The lowest BCUT2D eigenvalue weighted by atomic mass is 10.1. The molecule has 0 radical (unpaired) electrons. The summed E-state index contributed by atoms with van der Waals surface area (Å²) in [6, 6.07) is 20.2. The zero-order chi connectivity index (χ0) is 12.4. The van der Waals surface area contributed by atoms with Crippen molar-refractivity contribution in [3.63, 3.8) is 0 Å². The molecule has 0 saturated carbocycles. The number of benzene rings is 2. The second-order valence-electron chi connectivity index (χ2n) is 4.38. The predicted molar refractivity (Wildman–Crippen MR) is 69.0 cm³/mol. The van der Waals surface area contributed by atoms with Crippen LogP contribution >= 0.6 is 0 Å². The van der Waals surface area contributed by atoms with Crippen LogP contribution in [0.15, 0.2) is 54.6 Å². The zero-order valence-corrected chi connectivity index (χ0v) is 9.88. The Morgan fingerprint density at radius 3 is 2.44 bits per heavy atom. The lowest BCUT2D eigenvalue weighted by Crippen LogP contribution is -2.00.